The number of nitro benzene ring substituents is 1. The van der Waals surface area contributed by atoms with Crippen molar-refractivity contribution in [1.29, 1.82) is 0 Å². The Hall–Kier alpha value is -2.78. The number of hydrogen-bond acceptors (Lipinski definition) is 4. The van der Waals surface area contributed by atoms with E-state index in [0.717, 1.165) is 4.90 Å². The number of terminal acetylenes is 1. The summed E-state index contributed by atoms with van der Waals surface area (Å²) in [5.41, 5.74) is 1.36. The summed E-state index contributed by atoms with van der Waals surface area (Å²) in [6, 6.07) is 13.1. The Bertz CT molecular complexity index is 766. The SMILES string of the molecule is C#Cc1cccc(NC(=O)C(C)Sc2ccc([N+](=O)[O-])cc2)c1. The molecule has 116 valence electrons. The first-order chi connectivity index (χ1) is 11.0. The molecule has 0 saturated carbocycles. The van der Waals surface area contributed by atoms with E-state index in [0.29, 0.717) is 11.3 Å². The summed E-state index contributed by atoms with van der Waals surface area (Å²) in [5, 5.41) is 13.1. The van der Waals surface area contributed by atoms with E-state index in [1.54, 1.807) is 43.3 Å². The fraction of sp³-hybridized carbons (Fsp3) is 0.118. The quantitative estimate of drug-likeness (QED) is 0.393. The van der Waals surface area contributed by atoms with Crippen molar-refractivity contribution < 1.29 is 9.72 Å². The molecule has 1 unspecified atom stereocenters. The molecule has 2 aromatic carbocycles. The third-order valence-corrected chi connectivity index (χ3v) is 4.14. The molecule has 0 fully saturated rings. The number of carbonyl (C=O) groups is 1. The zero-order chi connectivity index (χ0) is 16.8. The molecule has 0 aromatic heterocycles. The minimum Gasteiger partial charge on any atom is -0.325 e. The molecule has 2 aromatic rings. The Labute approximate surface area is 138 Å². The van der Waals surface area contributed by atoms with E-state index in [4.69, 9.17) is 6.42 Å². The van der Waals surface area contributed by atoms with Crippen molar-refractivity contribution in [1.82, 2.24) is 0 Å². The van der Waals surface area contributed by atoms with Gasteiger partial charge in [0, 0.05) is 28.3 Å². The zero-order valence-corrected chi connectivity index (χ0v) is 13.2. The van der Waals surface area contributed by atoms with Crippen LogP contribution in [0.25, 0.3) is 0 Å². The summed E-state index contributed by atoms with van der Waals surface area (Å²) in [5.74, 6) is 2.35. The van der Waals surface area contributed by atoms with E-state index in [-0.39, 0.29) is 16.8 Å². The van der Waals surface area contributed by atoms with Crippen LogP contribution in [-0.2, 0) is 4.79 Å². The van der Waals surface area contributed by atoms with Crippen LogP contribution < -0.4 is 5.32 Å². The first kappa shape index (κ1) is 16.6. The second kappa shape index (κ2) is 7.47. The maximum Gasteiger partial charge on any atom is 0.269 e. The number of carbonyl (C=O) groups excluding carboxylic acids is 1. The lowest BCUT2D eigenvalue weighted by molar-refractivity contribution is -0.384. The molecule has 0 bridgehead atoms. The van der Waals surface area contributed by atoms with Crippen LogP contribution in [0.2, 0.25) is 0 Å². The summed E-state index contributed by atoms with van der Waals surface area (Å²) < 4.78 is 0. The van der Waals surface area contributed by atoms with Crippen molar-refractivity contribution in [2.75, 3.05) is 5.32 Å². The van der Waals surface area contributed by atoms with Crippen LogP contribution in [0.4, 0.5) is 11.4 Å². The van der Waals surface area contributed by atoms with E-state index in [2.05, 4.69) is 11.2 Å². The Morgan fingerprint density at radius 3 is 2.61 bits per heavy atom. The minimum atomic E-state index is -0.455. The van der Waals surface area contributed by atoms with Crippen LogP contribution in [0.15, 0.2) is 53.4 Å². The molecule has 0 spiro atoms. The summed E-state index contributed by atoms with van der Waals surface area (Å²) in [4.78, 5) is 23.2. The topological polar surface area (TPSA) is 72.2 Å². The number of amides is 1. The van der Waals surface area contributed by atoms with Crippen molar-refractivity contribution in [2.45, 2.75) is 17.1 Å². The second-order valence-corrected chi connectivity index (χ2v) is 6.14. The number of rotatable bonds is 5. The number of thioether (sulfide) groups is 1. The normalized spacial score (nSPS) is 11.3. The lowest BCUT2D eigenvalue weighted by Crippen LogP contribution is -2.22. The molecule has 23 heavy (non-hydrogen) atoms. The van der Waals surface area contributed by atoms with Crippen molar-refractivity contribution in [3.63, 3.8) is 0 Å². The van der Waals surface area contributed by atoms with Gasteiger partial charge >= 0.3 is 0 Å². The highest BCUT2D eigenvalue weighted by molar-refractivity contribution is 8.00. The zero-order valence-electron chi connectivity index (χ0n) is 12.4. The summed E-state index contributed by atoms with van der Waals surface area (Å²) in [7, 11) is 0. The van der Waals surface area contributed by atoms with Crippen LogP contribution in [-0.4, -0.2) is 16.1 Å². The fourth-order valence-corrected chi connectivity index (χ4v) is 2.70. The van der Waals surface area contributed by atoms with Gasteiger partial charge in [0.15, 0.2) is 0 Å². The molecule has 1 atom stereocenters. The molecule has 2 rings (SSSR count). The summed E-state index contributed by atoms with van der Waals surface area (Å²) in [6.45, 7) is 1.77. The molecule has 0 heterocycles. The predicted octanol–water partition coefficient (Wildman–Crippen LogP) is 3.70. The smallest absolute Gasteiger partial charge is 0.269 e. The van der Waals surface area contributed by atoms with E-state index >= 15 is 0 Å². The Balaban J connectivity index is 1.99. The first-order valence-electron chi connectivity index (χ1n) is 6.78. The number of nitrogens with one attached hydrogen (secondary N) is 1. The molecular formula is C17H14N2O3S. The highest BCUT2D eigenvalue weighted by Gasteiger charge is 2.15. The molecule has 1 N–H and O–H groups in total. The molecule has 0 aliphatic carbocycles. The Kier molecular flexibility index (Phi) is 5.39. The van der Waals surface area contributed by atoms with Crippen LogP contribution in [0.5, 0.6) is 0 Å². The number of nitro groups is 1. The van der Waals surface area contributed by atoms with Gasteiger partial charge in [-0.3, -0.25) is 14.9 Å². The van der Waals surface area contributed by atoms with E-state index in [1.165, 1.54) is 23.9 Å². The number of anilines is 1. The van der Waals surface area contributed by atoms with Gasteiger partial charge in [-0.1, -0.05) is 12.0 Å². The standard InChI is InChI=1S/C17H14N2O3S/c1-3-13-5-4-6-14(11-13)18-17(20)12(2)23-16-9-7-15(8-10-16)19(21)22/h1,4-12H,2H3,(H,18,20). The average molecular weight is 326 g/mol. The monoisotopic (exact) mass is 326 g/mol. The van der Waals surface area contributed by atoms with E-state index in [9.17, 15) is 14.9 Å². The molecule has 0 saturated heterocycles. The maximum absolute atomic E-state index is 12.2. The molecule has 0 aliphatic rings. The average Bonchev–Trinajstić information content (AvgIpc) is 2.55. The van der Waals surface area contributed by atoms with Crippen LogP contribution >= 0.6 is 11.8 Å². The molecule has 0 radical (unpaired) electrons. The highest BCUT2D eigenvalue weighted by atomic mass is 32.2. The third-order valence-electron chi connectivity index (χ3n) is 3.03. The van der Waals surface area contributed by atoms with Crippen molar-refractivity contribution in [3.05, 3.63) is 64.2 Å². The molecule has 6 heteroatoms. The van der Waals surface area contributed by atoms with Crippen molar-refractivity contribution >= 4 is 29.0 Å². The Morgan fingerprint density at radius 1 is 1.30 bits per heavy atom. The van der Waals surface area contributed by atoms with Gasteiger partial charge in [-0.2, -0.15) is 0 Å². The van der Waals surface area contributed by atoms with Crippen molar-refractivity contribution in [3.8, 4) is 12.3 Å². The van der Waals surface area contributed by atoms with Gasteiger partial charge in [0.2, 0.25) is 5.91 Å². The lowest BCUT2D eigenvalue weighted by Gasteiger charge is -2.12. The van der Waals surface area contributed by atoms with E-state index < -0.39 is 4.92 Å². The van der Waals surface area contributed by atoms with Crippen LogP contribution in [0, 0.1) is 22.5 Å². The molecule has 0 aliphatic heterocycles. The highest BCUT2D eigenvalue weighted by Crippen LogP contribution is 2.26. The second-order valence-electron chi connectivity index (χ2n) is 4.73. The lowest BCUT2D eigenvalue weighted by atomic mass is 10.2. The molecule has 1 amide bonds. The van der Waals surface area contributed by atoms with Gasteiger partial charge in [-0.15, -0.1) is 18.2 Å². The summed E-state index contributed by atoms with van der Waals surface area (Å²) >= 11 is 1.33. The third kappa shape index (κ3) is 4.59. The van der Waals surface area contributed by atoms with E-state index in [1.807, 2.05) is 0 Å². The predicted molar refractivity (Wildman–Crippen MR) is 91.4 cm³/mol. The number of benzene rings is 2. The number of non-ortho nitro benzene ring substituents is 1. The van der Waals surface area contributed by atoms with Crippen molar-refractivity contribution in [2.24, 2.45) is 0 Å². The molecule has 5 nitrogen and oxygen atoms in total. The molecular weight excluding hydrogens is 312 g/mol. The number of hydrogen-bond donors (Lipinski definition) is 1. The van der Waals surface area contributed by atoms with Gasteiger partial charge in [-0.05, 0) is 37.3 Å². The van der Waals surface area contributed by atoms with Gasteiger partial charge in [0.1, 0.15) is 0 Å². The summed E-state index contributed by atoms with van der Waals surface area (Å²) in [6.07, 6.45) is 5.33. The van der Waals surface area contributed by atoms with Gasteiger partial charge in [0.25, 0.3) is 5.69 Å². The van der Waals surface area contributed by atoms with Crippen LogP contribution in [0.1, 0.15) is 12.5 Å². The maximum atomic E-state index is 12.2. The number of nitrogens with zero attached hydrogens (tertiary/aromatic N) is 1. The largest absolute Gasteiger partial charge is 0.325 e. The Morgan fingerprint density at radius 2 is 2.00 bits per heavy atom. The van der Waals surface area contributed by atoms with Crippen LogP contribution in [0.3, 0.4) is 0 Å². The van der Waals surface area contributed by atoms with Gasteiger partial charge in [0.05, 0.1) is 10.2 Å². The minimum absolute atomic E-state index is 0.0255. The van der Waals surface area contributed by atoms with Gasteiger partial charge in [-0.25, -0.2) is 0 Å². The fourth-order valence-electron chi connectivity index (χ4n) is 1.83. The van der Waals surface area contributed by atoms with Gasteiger partial charge < -0.3 is 5.32 Å². The first-order valence-corrected chi connectivity index (χ1v) is 7.66.